The molecule has 0 spiro atoms. The Morgan fingerprint density at radius 3 is 2.80 bits per heavy atom. The average molecular weight is 342 g/mol. The van der Waals surface area contributed by atoms with Gasteiger partial charge in [-0.1, -0.05) is 23.4 Å². The summed E-state index contributed by atoms with van der Waals surface area (Å²) >= 11 is 0. The number of rotatable bonds is 4. The van der Waals surface area contributed by atoms with Crippen molar-refractivity contribution in [1.82, 2.24) is 20.4 Å². The summed E-state index contributed by atoms with van der Waals surface area (Å²) in [5.74, 6) is 0.874. The van der Waals surface area contributed by atoms with Crippen molar-refractivity contribution >= 4 is 17.0 Å². The minimum Gasteiger partial charge on any atom is -0.444 e. The number of aryl methyl sites for hydroxylation is 1. The molecule has 2 N–H and O–H groups in total. The third kappa shape index (κ3) is 4.17. The predicted molar refractivity (Wildman–Crippen MR) is 93.1 cm³/mol. The molecule has 0 saturated carbocycles. The molecule has 1 aromatic carbocycles. The normalized spacial score (nSPS) is 13.0. The van der Waals surface area contributed by atoms with Crippen LogP contribution in [-0.2, 0) is 11.2 Å². The Kier molecular flexibility index (Phi) is 4.48. The number of H-pyrrole nitrogens is 1. The number of amides is 1. The topological polar surface area (TPSA) is 93.0 Å². The highest BCUT2D eigenvalue weighted by molar-refractivity contribution is 5.83. The van der Waals surface area contributed by atoms with Crippen LogP contribution >= 0.6 is 0 Å². The second-order valence-electron chi connectivity index (χ2n) is 6.94. The van der Waals surface area contributed by atoms with Crippen LogP contribution in [0, 0.1) is 6.92 Å². The molecule has 2 heterocycles. The molecular formula is C18H22N4O3. The number of benzene rings is 1. The molecule has 0 radical (unpaired) electrons. The van der Waals surface area contributed by atoms with Crippen LogP contribution in [0.4, 0.5) is 4.79 Å². The van der Waals surface area contributed by atoms with Gasteiger partial charge in [-0.25, -0.2) is 4.79 Å². The van der Waals surface area contributed by atoms with E-state index in [1.807, 2.05) is 51.2 Å². The maximum absolute atomic E-state index is 12.2. The molecule has 1 atom stereocenters. The van der Waals surface area contributed by atoms with Gasteiger partial charge in [0, 0.05) is 23.5 Å². The predicted octanol–water partition coefficient (Wildman–Crippen LogP) is 3.67. The van der Waals surface area contributed by atoms with E-state index >= 15 is 0 Å². The van der Waals surface area contributed by atoms with Crippen LogP contribution in [0.2, 0.25) is 0 Å². The molecule has 2 aromatic heterocycles. The smallest absolute Gasteiger partial charge is 0.408 e. The Balaban J connectivity index is 1.85. The second-order valence-corrected chi connectivity index (χ2v) is 6.94. The quantitative estimate of drug-likeness (QED) is 0.754. The van der Waals surface area contributed by atoms with E-state index in [2.05, 4.69) is 20.4 Å². The fraction of sp³-hybridized carbons (Fsp3) is 0.389. The third-order valence-electron chi connectivity index (χ3n) is 3.63. The van der Waals surface area contributed by atoms with Gasteiger partial charge < -0.3 is 19.6 Å². The van der Waals surface area contributed by atoms with Crippen LogP contribution in [0.5, 0.6) is 0 Å². The van der Waals surface area contributed by atoms with Crippen molar-refractivity contribution in [2.24, 2.45) is 0 Å². The number of fused-ring (bicyclic) bond motifs is 1. The fourth-order valence-corrected chi connectivity index (χ4v) is 2.62. The number of ether oxygens (including phenoxy) is 1. The molecule has 0 aliphatic rings. The monoisotopic (exact) mass is 342 g/mol. The van der Waals surface area contributed by atoms with Gasteiger partial charge in [0.2, 0.25) is 5.89 Å². The number of aromatic nitrogens is 3. The number of nitrogens with one attached hydrogen (secondary N) is 2. The zero-order valence-corrected chi connectivity index (χ0v) is 14.8. The zero-order valence-electron chi connectivity index (χ0n) is 14.8. The average Bonchev–Trinajstić information content (AvgIpc) is 3.12. The summed E-state index contributed by atoms with van der Waals surface area (Å²) < 4.78 is 10.6. The van der Waals surface area contributed by atoms with E-state index in [-0.39, 0.29) is 0 Å². The number of alkyl carbamates (subject to hydrolysis) is 1. The van der Waals surface area contributed by atoms with Crippen LogP contribution in [0.25, 0.3) is 10.9 Å². The van der Waals surface area contributed by atoms with Crippen LogP contribution in [0.1, 0.15) is 44.1 Å². The molecule has 0 bridgehead atoms. The summed E-state index contributed by atoms with van der Waals surface area (Å²) in [5, 5.41) is 7.75. The van der Waals surface area contributed by atoms with E-state index in [1.165, 1.54) is 0 Å². The molecule has 132 valence electrons. The van der Waals surface area contributed by atoms with E-state index in [0.717, 1.165) is 16.5 Å². The van der Waals surface area contributed by atoms with Gasteiger partial charge in [-0.15, -0.1) is 0 Å². The highest BCUT2D eigenvalue weighted by Gasteiger charge is 2.25. The lowest BCUT2D eigenvalue weighted by atomic mass is 10.0. The Morgan fingerprint density at radius 1 is 1.36 bits per heavy atom. The van der Waals surface area contributed by atoms with Crippen molar-refractivity contribution in [3.05, 3.63) is 47.7 Å². The molecule has 7 heteroatoms. The minimum atomic E-state index is -0.583. The summed E-state index contributed by atoms with van der Waals surface area (Å²) in [7, 11) is 0. The standard InChI is InChI=1S/C18H22N4O3/c1-11-20-16(25-22-11)15(21-17(23)24-18(2,3)4)9-12-10-19-14-8-6-5-7-13(12)14/h5-8,10,15,19H,9H2,1-4H3,(H,21,23)/t15-/m0/s1. The molecule has 7 nitrogen and oxygen atoms in total. The SMILES string of the molecule is Cc1noc([C@H](Cc2c[nH]c3ccccc23)NC(=O)OC(C)(C)C)n1. The zero-order chi connectivity index (χ0) is 18.0. The van der Waals surface area contributed by atoms with Crippen LogP contribution in [0.3, 0.4) is 0 Å². The highest BCUT2D eigenvalue weighted by atomic mass is 16.6. The summed E-state index contributed by atoms with van der Waals surface area (Å²) in [4.78, 5) is 19.7. The van der Waals surface area contributed by atoms with E-state index in [9.17, 15) is 4.79 Å². The van der Waals surface area contributed by atoms with Gasteiger partial charge >= 0.3 is 6.09 Å². The maximum atomic E-state index is 12.2. The summed E-state index contributed by atoms with van der Waals surface area (Å²) in [6.07, 6.45) is 1.91. The molecule has 3 rings (SSSR count). The van der Waals surface area contributed by atoms with Gasteiger partial charge in [0.15, 0.2) is 5.82 Å². The lowest BCUT2D eigenvalue weighted by Crippen LogP contribution is -2.36. The van der Waals surface area contributed by atoms with Gasteiger partial charge in [0.1, 0.15) is 11.6 Å². The second kappa shape index (κ2) is 6.58. The molecule has 0 aliphatic heterocycles. The van der Waals surface area contributed by atoms with E-state index in [4.69, 9.17) is 9.26 Å². The Morgan fingerprint density at radius 2 is 2.12 bits per heavy atom. The molecule has 0 saturated heterocycles. The molecule has 25 heavy (non-hydrogen) atoms. The van der Waals surface area contributed by atoms with E-state index in [0.29, 0.717) is 18.1 Å². The van der Waals surface area contributed by atoms with Gasteiger partial charge in [-0.05, 0) is 39.3 Å². The van der Waals surface area contributed by atoms with Crippen molar-refractivity contribution in [3.63, 3.8) is 0 Å². The van der Waals surface area contributed by atoms with Gasteiger partial charge in [-0.2, -0.15) is 4.98 Å². The lowest BCUT2D eigenvalue weighted by Gasteiger charge is -2.22. The number of carbonyl (C=O) groups excluding carboxylic acids is 1. The number of nitrogens with zero attached hydrogens (tertiary/aromatic N) is 2. The van der Waals surface area contributed by atoms with E-state index < -0.39 is 17.7 Å². The number of carbonyl (C=O) groups is 1. The highest BCUT2D eigenvalue weighted by Crippen LogP contribution is 2.24. The lowest BCUT2D eigenvalue weighted by molar-refractivity contribution is 0.0493. The van der Waals surface area contributed by atoms with Crippen molar-refractivity contribution in [2.45, 2.75) is 45.8 Å². The first-order valence-electron chi connectivity index (χ1n) is 8.16. The van der Waals surface area contributed by atoms with Gasteiger partial charge in [0.05, 0.1) is 0 Å². The Hall–Kier alpha value is -2.83. The van der Waals surface area contributed by atoms with Crippen molar-refractivity contribution in [1.29, 1.82) is 0 Å². The first kappa shape index (κ1) is 17.0. The maximum Gasteiger partial charge on any atom is 0.408 e. The first-order valence-corrected chi connectivity index (χ1v) is 8.16. The van der Waals surface area contributed by atoms with Crippen LogP contribution in [0.15, 0.2) is 35.0 Å². The van der Waals surface area contributed by atoms with Gasteiger partial charge in [-0.3, -0.25) is 0 Å². The first-order chi connectivity index (χ1) is 11.8. The molecule has 3 aromatic rings. The summed E-state index contributed by atoms with van der Waals surface area (Å²) in [6.45, 7) is 7.19. The van der Waals surface area contributed by atoms with Gasteiger partial charge in [0.25, 0.3) is 0 Å². The molecule has 1 amide bonds. The number of para-hydroxylation sites is 1. The third-order valence-corrected chi connectivity index (χ3v) is 3.63. The molecule has 0 unspecified atom stereocenters. The minimum absolute atomic E-state index is 0.355. The summed E-state index contributed by atoms with van der Waals surface area (Å²) in [6, 6.07) is 7.51. The number of hydrogen-bond donors (Lipinski definition) is 2. The molecule has 0 fully saturated rings. The Bertz CT molecular complexity index is 876. The molecular weight excluding hydrogens is 320 g/mol. The fourth-order valence-electron chi connectivity index (χ4n) is 2.62. The number of aromatic amines is 1. The van der Waals surface area contributed by atoms with Crippen molar-refractivity contribution < 1.29 is 14.1 Å². The van der Waals surface area contributed by atoms with E-state index in [1.54, 1.807) is 6.92 Å². The molecule has 0 aliphatic carbocycles. The van der Waals surface area contributed by atoms with Crippen molar-refractivity contribution in [2.75, 3.05) is 0 Å². The van der Waals surface area contributed by atoms with Crippen LogP contribution in [-0.4, -0.2) is 26.8 Å². The largest absolute Gasteiger partial charge is 0.444 e. The Labute approximate surface area is 145 Å². The van der Waals surface area contributed by atoms with Crippen LogP contribution < -0.4 is 5.32 Å². The number of hydrogen-bond acceptors (Lipinski definition) is 5. The van der Waals surface area contributed by atoms with Crippen molar-refractivity contribution in [3.8, 4) is 0 Å². The summed E-state index contributed by atoms with van der Waals surface area (Å²) in [5.41, 5.74) is 1.50.